The standard InChI is InChI=1S/C11H19BrN2S/c1-9(2)13-5-6-14(3)8-11-10(12)4-7-15-11/h4,7,9,13H,5-6,8H2,1-3H3. The number of hydrogen-bond donors (Lipinski definition) is 1. The molecule has 0 atom stereocenters. The minimum absolute atomic E-state index is 0.576. The molecular weight excluding hydrogens is 272 g/mol. The van der Waals surface area contributed by atoms with Gasteiger partial charge in [-0.25, -0.2) is 0 Å². The Morgan fingerprint density at radius 3 is 2.80 bits per heavy atom. The molecule has 0 unspecified atom stereocenters. The van der Waals surface area contributed by atoms with Crippen molar-refractivity contribution >= 4 is 27.3 Å². The minimum Gasteiger partial charge on any atom is -0.313 e. The van der Waals surface area contributed by atoms with Gasteiger partial charge in [-0.3, -0.25) is 4.90 Å². The van der Waals surface area contributed by atoms with Crippen LogP contribution in [-0.4, -0.2) is 31.1 Å². The third-order valence-electron chi connectivity index (χ3n) is 2.15. The molecule has 0 aromatic carbocycles. The summed E-state index contributed by atoms with van der Waals surface area (Å²) in [6, 6.07) is 2.69. The van der Waals surface area contributed by atoms with Crippen molar-refractivity contribution in [3.8, 4) is 0 Å². The lowest BCUT2D eigenvalue weighted by molar-refractivity contribution is 0.322. The van der Waals surface area contributed by atoms with Crippen LogP contribution in [0.2, 0.25) is 0 Å². The number of likely N-dealkylation sites (N-methyl/N-ethyl adjacent to an activating group) is 1. The topological polar surface area (TPSA) is 15.3 Å². The maximum absolute atomic E-state index is 3.55. The second-order valence-corrected chi connectivity index (χ2v) is 5.89. The second kappa shape index (κ2) is 6.63. The third kappa shape index (κ3) is 5.11. The molecule has 0 fully saturated rings. The largest absolute Gasteiger partial charge is 0.313 e. The first-order chi connectivity index (χ1) is 7.09. The van der Waals surface area contributed by atoms with Gasteiger partial charge in [-0.05, 0) is 34.4 Å². The number of hydrogen-bond acceptors (Lipinski definition) is 3. The molecule has 4 heteroatoms. The lowest BCUT2D eigenvalue weighted by atomic mass is 10.4. The number of halogens is 1. The van der Waals surface area contributed by atoms with Crippen LogP contribution in [-0.2, 0) is 6.54 Å². The van der Waals surface area contributed by atoms with Crippen molar-refractivity contribution in [3.63, 3.8) is 0 Å². The molecule has 0 radical (unpaired) electrons. The van der Waals surface area contributed by atoms with Gasteiger partial charge in [0.25, 0.3) is 0 Å². The monoisotopic (exact) mass is 290 g/mol. The second-order valence-electron chi connectivity index (χ2n) is 4.04. The molecule has 1 rings (SSSR count). The first-order valence-electron chi connectivity index (χ1n) is 5.23. The molecule has 0 spiro atoms. The van der Waals surface area contributed by atoms with Crippen molar-refractivity contribution in [1.82, 2.24) is 10.2 Å². The van der Waals surface area contributed by atoms with Gasteiger partial charge in [0.05, 0.1) is 0 Å². The lowest BCUT2D eigenvalue weighted by Gasteiger charge is -2.17. The molecule has 1 aromatic rings. The SMILES string of the molecule is CC(C)NCCN(C)Cc1sccc1Br. The van der Waals surface area contributed by atoms with Gasteiger partial charge in [0, 0.05) is 35.0 Å². The van der Waals surface area contributed by atoms with E-state index in [4.69, 9.17) is 0 Å². The summed E-state index contributed by atoms with van der Waals surface area (Å²) in [7, 11) is 2.16. The quantitative estimate of drug-likeness (QED) is 0.867. The van der Waals surface area contributed by atoms with Crippen molar-refractivity contribution in [2.24, 2.45) is 0 Å². The number of thiophene rings is 1. The smallest absolute Gasteiger partial charge is 0.0336 e. The van der Waals surface area contributed by atoms with Crippen LogP contribution in [0.15, 0.2) is 15.9 Å². The zero-order chi connectivity index (χ0) is 11.3. The first kappa shape index (κ1) is 13.2. The predicted molar refractivity (Wildman–Crippen MR) is 71.5 cm³/mol. The molecule has 0 aliphatic carbocycles. The Hall–Kier alpha value is 0.100. The fourth-order valence-corrected chi connectivity index (χ4v) is 2.86. The summed E-state index contributed by atoms with van der Waals surface area (Å²) in [5.74, 6) is 0. The van der Waals surface area contributed by atoms with Gasteiger partial charge in [0.1, 0.15) is 0 Å². The fourth-order valence-electron chi connectivity index (χ4n) is 1.31. The highest BCUT2D eigenvalue weighted by molar-refractivity contribution is 9.10. The summed E-state index contributed by atoms with van der Waals surface area (Å²) in [6.45, 7) is 7.52. The van der Waals surface area contributed by atoms with E-state index < -0.39 is 0 Å². The van der Waals surface area contributed by atoms with E-state index in [-0.39, 0.29) is 0 Å². The molecular formula is C11H19BrN2S. The maximum Gasteiger partial charge on any atom is 0.0336 e. The summed E-state index contributed by atoms with van der Waals surface area (Å²) in [4.78, 5) is 3.74. The Kier molecular flexibility index (Phi) is 5.82. The molecule has 15 heavy (non-hydrogen) atoms. The maximum atomic E-state index is 3.55. The Balaban J connectivity index is 2.24. The molecule has 0 saturated heterocycles. The Morgan fingerprint density at radius 1 is 1.53 bits per heavy atom. The van der Waals surface area contributed by atoms with Crippen molar-refractivity contribution < 1.29 is 0 Å². The minimum atomic E-state index is 0.576. The highest BCUT2D eigenvalue weighted by Gasteiger charge is 2.05. The van der Waals surface area contributed by atoms with Crippen molar-refractivity contribution in [1.29, 1.82) is 0 Å². The van der Waals surface area contributed by atoms with E-state index in [2.05, 4.69) is 58.5 Å². The molecule has 0 aliphatic heterocycles. The number of rotatable bonds is 6. The van der Waals surface area contributed by atoms with Crippen molar-refractivity contribution in [2.45, 2.75) is 26.4 Å². The van der Waals surface area contributed by atoms with Crippen LogP contribution < -0.4 is 5.32 Å². The van der Waals surface area contributed by atoms with Gasteiger partial charge < -0.3 is 5.32 Å². The summed E-state index contributed by atoms with van der Waals surface area (Å²) >= 11 is 5.36. The van der Waals surface area contributed by atoms with E-state index in [9.17, 15) is 0 Å². The summed E-state index contributed by atoms with van der Waals surface area (Å²) in [6.07, 6.45) is 0. The fraction of sp³-hybridized carbons (Fsp3) is 0.636. The summed E-state index contributed by atoms with van der Waals surface area (Å²) < 4.78 is 1.23. The summed E-state index contributed by atoms with van der Waals surface area (Å²) in [5, 5.41) is 5.55. The van der Waals surface area contributed by atoms with E-state index in [1.165, 1.54) is 9.35 Å². The average molecular weight is 291 g/mol. The molecule has 0 bridgehead atoms. The molecule has 2 nitrogen and oxygen atoms in total. The molecule has 0 aliphatic rings. The van der Waals surface area contributed by atoms with E-state index >= 15 is 0 Å². The zero-order valence-corrected chi connectivity index (χ0v) is 12.0. The third-order valence-corrected chi connectivity index (χ3v) is 4.06. The lowest BCUT2D eigenvalue weighted by Crippen LogP contribution is -2.32. The highest BCUT2D eigenvalue weighted by Crippen LogP contribution is 2.23. The van der Waals surface area contributed by atoms with Crippen LogP contribution in [0, 0.1) is 0 Å². The number of nitrogens with zero attached hydrogens (tertiary/aromatic N) is 1. The molecule has 1 N–H and O–H groups in total. The van der Waals surface area contributed by atoms with Crippen LogP contribution in [0.25, 0.3) is 0 Å². The zero-order valence-electron chi connectivity index (χ0n) is 9.59. The Labute approximate surface area is 105 Å². The normalized spacial score (nSPS) is 11.6. The van der Waals surface area contributed by atoms with Gasteiger partial charge in [0.2, 0.25) is 0 Å². The van der Waals surface area contributed by atoms with Crippen molar-refractivity contribution in [3.05, 3.63) is 20.8 Å². The highest BCUT2D eigenvalue weighted by atomic mass is 79.9. The molecule has 0 amide bonds. The average Bonchev–Trinajstić information content (AvgIpc) is 2.51. The van der Waals surface area contributed by atoms with Crippen molar-refractivity contribution in [2.75, 3.05) is 20.1 Å². The molecule has 86 valence electrons. The predicted octanol–water partition coefficient (Wildman–Crippen LogP) is 2.94. The van der Waals surface area contributed by atoms with Crippen LogP contribution in [0.3, 0.4) is 0 Å². The molecule has 1 aromatic heterocycles. The number of nitrogens with one attached hydrogen (secondary N) is 1. The van der Waals surface area contributed by atoms with Crippen LogP contribution >= 0.6 is 27.3 Å². The molecule has 1 heterocycles. The van der Waals surface area contributed by atoms with Gasteiger partial charge in [-0.1, -0.05) is 13.8 Å². The van der Waals surface area contributed by atoms with Crippen LogP contribution in [0.1, 0.15) is 18.7 Å². The Bertz CT molecular complexity index is 286. The van der Waals surface area contributed by atoms with E-state index in [0.29, 0.717) is 6.04 Å². The summed E-state index contributed by atoms with van der Waals surface area (Å²) in [5.41, 5.74) is 0. The Morgan fingerprint density at radius 2 is 2.27 bits per heavy atom. The van der Waals surface area contributed by atoms with Gasteiger partial charge in [-0.15, -0.1) is 11.3 Å². The van der Waals surface area contributed by atoms with Gasteiger partial charge >= 0.3 is 0 Å². The van der Waals surface area contributed by atoms with Gasteiger partial charge in [0.15, 0.2) is 0 Å². The first-order valence-corrected chi connectivity index (χ1v) is 6.90. The van der Waals surface area contributed by atoms with E-state index in [1.807, 2.05) is 11.3 Å². The molecule has 0 saturated carbocycles. The van der Waals surface area contributed by atoms with Crippen LogP contribution in [0.4, 0.5) is 0 Å². The van der Waals surface area contributed by atoms with Crippen LogP contribution in [0.5, 0.6) is 0 Å². The van der Waals surface area contributed by atoms with E-state index in [0.717, 1.165) is 19.6 Å². The van der Waals surface area contributed by atoms with Gasteiger partial charge in [-0.2, -0.15) is 0 Å². The van der Waals surface area contributed by atoms with E-state index in [1.54, 1.807) is 0 Å².